The zero-order valence-electron chi connectivity index (χ0n) is 11.1. The molecule has 0 aliphatic carbocycles. The fourth-order valence-electron chi connectivity index (χ4n) is 1.76. The minimum atomic E-state index is -3.89. The van der Waals surface area contributed by atoms with E-state index in [2.05, 4.69) is 4.72 Å². The Morgan fingerprint density at radius 3 is 2.67 bits per heavy atom. The summed E-state index contributed by atoms with van der Waals surface area (Å²) in [6, 6.07) is 10.1. The number of methoxy groups -OCH3 is 1. The molecule has 2 aromatic carbocycles. The first-order chi connectivity index (χ1) is 9.92. The first kappa shape index (κ1) is 15.8. The van der Waals surface area contributed by atoms with E-state index >= 15 is 0 Å². The Balaban J connectivity index is 2.24. The Morgan fingerprint density at radius 2 is 2.00 bits per heavy atom. The van der Waals surface area contributed by atoms with E-state index in [9.17, 15) is 12.8 Å². The quantitative estimate of drug-likeness (QED) is 0.917. The summed E-state index contributed by atoms with van der Waals surface area (Å²) >= 11 is 5.83. The van der Waals surface area contributed by atoms with Crippen LogP contribution in [0.25, 0.3) is 0 Å². The molecule has 2 rings (SSSR count). The molecular weight excluding hydrogens is 317 g/mol. The number of halogens is 2. The third kappa shape index (κ3) is 3.93. The molecular formula is C14H13ClFNO3S. The predicted octanol–water partition coefficient (Wildman–Crippen LogP) is 2.97. The molecule has 0 atom stereocenters. The number of nitrogens with one attached hydrogen (secondary N) is 1. The average molecular weight is 330 g/mol. The highest BCUT2D eigenvalue weighted by molar-refractivity contribution is 7.89. The van der Waals surface area contributed by atoms with Crippen molar-refractivity contribution in [2.24, 2.45) is 0 Å². The highest BCUT2D eigenvalue weighted by Gasteiger charge is 2.20. The third-order valence-corrected chi connectivity index (χ3v) is 4.43. The highest BCUT2D eigenvalue weighted by Crippen LogP contribution is 2.24. The van der Waals surface area contributed by atoms with Gasteiger partial charge in [-0.3, -0.25) is 0 Å². The van der Waals surface area contributed by atoms with Crippen LogP contribution in [0, 0.1) is 5.82 Å². The number of hydrogen-bond donors (Lipinski definition) is 1. The van der Waals surface area contributed by atoms with Gasteiger partial charge in [0.15, 0.2) is 0 Å². The lowest BCUT2D eigenvalue weighted by Gasteiger charge is -2.11. The van der Waals surface area contributed by atoms with E-state index < -0.39 is 15.8 Å². The summed E-state index contributed by atoms with van der Waals surface area (Å²) in [5.74, 6) is -0.575. The molecule has 0 amide bonds. The van der Waals surface area contributed by atoms with Gasteiger partial charge in [0.05, 0.1) is 7.11 Å². The van der Waals surface area contributed by atoms with Gasteiger partial charge in [-0.05, 0) is 35.9 Å². The highest BCUT2D eigenvalue weighted by atomic mass is 35.5. The first-order valence-electron chi connectivity index (χ1n) is 6.00. The smallest absolute Gasteiger partial charge is 0.244 e. The molecule has 7 heteroatoms. The first-order valence-corrected chi connectivity index (χ1v) is 7.86. The molecule has 1 N–H and O–H groups in total. The molecule has 0 aliphatic heterocycles. The number of sulfonamides is 1. The van der Waals surface area contributed by atoms with Crippen molar-refractivity contribution in [3.8, 4) is 5.75 Å². The van der Waals surface area contributed by atoms with E-state index in [-0.39, 0.29) is 17.2 Å². The molecule has 0 spiro atoms. The Labute approximate surface area is 127 Å². The summed E-state index contributed by atoms with van der Waals surface area (Å²) in [5.41, 5.74) is 0.696. The van der Waals surface area contributed by atoms with Gasteiger partial charge in [0.25, 0.3) is 0 Å². The molecule has 0 saturated carbocycles. The van der Waals surface area contributed by atoms with Gasteiger partial charge in [0, 0.05) is 11.6 Å². The molecule has 0 fully saturated rings. The molecule has 112 valence electrons. The second-order valence-electron chi connectivity index (χ2n) is 4.25. The maximum absolute atomic E-state index is 13.3. The van der Waals surface area contributed by atoms with Crippen LogP contribution in [0.15, 0.2) is 47.4 Å². The zero-order valence-corrected chi connectivity index (χ0v) is 12.7. The van der Waals surface area contributed by atoms with Crippen molar-refractivity contribution < 1.29 is 17.5 Å². The van der Waals surface area contributed by atoms with E-state index in [0.29, 0.717) is 10.6 Å². The van der Waals surface area contributed by atoms with Gasteiger partial charge in [-0.1, -0.05) is 23.7 Å². The Hall–Kier alpha value is -1.63. The lowest BCUT2D eigenvalue weighted by atomic mass is 10.2. The maximum atomic E-state index is 13.3. The predicted molar refractivity (Wildman–Crippen MR) is 78.4 cm³/mol. The van der Waals surface area contributed by atoms with Gasteiger partial charge < -0.3 is 4.74 Å². The lowest BCUT2D eigenvalue weighted by molar-refractivity contribution is 0.400. The fraction of sp³-hybridized carbons (Fsp3) is 0.143. The van der Waals surface area contributed by atoms with Crippen molar-refractivity contribution in [2.75, 3.05) is 7.11 Å². The molecule has 0 bridgehead atoms. The van der Waals surface area contributed by atoms with Gasteiger partial charge in [0.1, 0.15) is 16.5 Å². The van der Waals surface area contributed by atoms with Crippen LogP contribution < -0.4 is 9.46 Å². The normalized spacial score (nSPS) is 11.4. The number of hydrogen-bond acceptors (Lipinski definition) is 3. The summed E-state index contributed by atoms with van der Waals surface area (Å²) in [7, 11) is -2.57. The summed E-state index contributed by atoms with van der Waals surface area (Å²) in [5, 5.41) is 0.509. The van der Waals surface area contributed by atoms with E-state index in [1.165, 1.54) is 13.2 Å². The van der Waals surface area contributed by atoms with Crippen LogP contribution in [0.5, 0.6) is 5.75 Å². The Kier molecular flexibility index (Phi) is 4.82. The third-order valence-electron chi connectivity index (χ3n) is 2.77. The minimum absolute atomic E-state index is 0.0442. The van der Waals surface area contributed by atoms with Crippen LogP contribution in [0.1, 0.15) is 5.56 Å². The van der Waals surface area contributed by atoms with Crippen molar-refractivity contribution in [1.29, 1.82) is 0 Å². The van der Waals surface area contributed by atoms with Crippen LogP contribution >= 0.6 is 11.6 Å². The van der Waals surface area contributed by atoms with Crippen LogP contribution in [0.2, 0.25) is 5.02 Å². The van der Waals surface area contributed by atoms with Crippen LogP contribution in [0.3, 0.4) is 0 Å². The van der Waals surface area contributed by atoms with Crippen molar-refractivity contribution >= 4 is 21.6 Å². The van der Waals surface area contributed by atoms with Crippen molar-refractivity contribution in [3.63, 3.8) is 0 Å². The molecule has 2 aromatic rings. The van der Waals surface area contributed by atoms with Gasteiger partial charge in [0.2, 0.25) is 10.0 Å². The lowest BCUT2D eigenvalue weighted by Crippen LogP contribution is -2.23. The van der Waals surface area contributed by atoms with E-state index in [0.717, 1.165) is 12.1 Å². The molecule has 0 radical (unpaired) electrons. The summed E-state index contributed by atoms with van der Waals surface area (Å²) in [4.78, 5) is -0.243. The summed E-state index contributed by atoms with van der Waals surface area (Å²) in [6.07, 6.45) is 0. The van der Waals surface area contributed by atoms with Crippen LogP contribution in [-0.2, 0) is 16.6 Å². The monoisotopic (exact) mass is 329 g/mol. The zero-order chi connectivity index (χ0) is 15.5. The van der Waals surface area contributed by atoms with E-state index in [1.54, 1.807) is 24.3 Å². The molecule has 0 heterocycles. The average Bonchev–Trinajstić information content (AvgIpc) is 2.45. The maximum Gasteiger partial charge on any atom is 0.244 e. The number of rotatable bonds is 5. The molecule has 0 aromatic heterocycles. The SMILES string of the molecule is COc1ccc(F)cc1S(=O)(=O)NCc1cccc(Cl)c1. The summed E-state index contributed by atoms with van der Waals surface area (Å²) < 4.78 is 45.1. The molecule has 0 saturated heterocycles. The largest absolute Gasteiger partial charge is 0.495 e. The molecule has 21 heavy (non-hydrogen) atoms. The topological polar surface area (TPSA) is 55.4 Å². The minimum Gasteiger partial charge on any atom is -0.495 e. The van der Waals surface area contributed by atoms with Gasteiger partial charge in [-0.15, -0.1) is 0 Å². The number of ether oxygens (including phenoxy) is 1. The van der Waals surface area contributed by atoms with Crippen molar-refractivity contribution in [3.05, 3.63) is 58.9 Å². The van der Waals surface area contributed by atoms with Gasteiger partial charge in [-0.2, -0.15) is 0 Å². The second-order valence-corrected chi connectivity index (χ2v) is 6.42. The van der Waals surface area contributed by atoms with Crippen molar-refractivity contribution in [2.45, 2.75) is 11.4 Å². The van der Waals surface area contributed by atoms with Crippen molar-refractivity contribution in [1.82, 2.24) is 4.72 Å². The summed E-state index contributed by atoms with van der Waals surface area (Å²) in [6.45, 7) is 0.0442. The Morgan fingerprint density at radius 1 is 1.24 bits per heavy atom. The molecule has 0 unspecified atom stereocenters. The fourth-order valence-corrected chi connectivity index (χ4v) is 3.17. The van der Waals surface area contributed by atoms with Crippen LogP contribution in [0.4, 0.5) is 4.39 Å². The van der Waals surface area contributed by atoms with Crippen LogP contribution in [-0.4, -0.2) is 15.5 Å². The van der Waals surface area contributed by atoms with E-state index in [4.69, 9.17) is 16.3 Å². The molecule has 4 nitrogen and oxygen atoms in total. The Bertz CT molecular complexity index is 750. The van der Waals surface area contributed by atoms with Gasteiger partial charge >= 0.3 is 0 Å². The second kappa shape index (κ2) is 6.43. The standard InChI is InChI=1S/C14H13ClFNO3S/c1-20-13-6-5-12(16)8-14(13)21(18,19)17-9-10-3-2-4-11(15)7-10/h2-8,17H,9H2,1H3. The van der Waals surface area contributed by atoms with Gasteiger partial charge in [-0.25, -0.2) is 17.5 Å². The number of benzene rings is 2. The molecule has 0 aliphatic rings. The van der Waals surface area contributed by atoms with E-state index in [1.807, 2.05) is 0 Å².